The first-order valence-corrected chi connectivity index (χ1v) is 6.58. The van der Waals surface area contributed by atoms with Crippen molar-refractivity contribution in [3.05, 3.63) is 0 Å². The fraction of sp³-hybridized carbons (Fsp3) is 0.923. The molecule has 3 heteroatoms. The van der Waals surface area contributed by atoms with Gasteiger partial charge in [0, 0.05) is 19.0 Å². The first-order chi connectivity index (χ1) is 7.58. The molecule has 2 unspecified atom stereocenters. The Morgan fingerprint density at radius 3 is 2.75 bits per heavy atom. The molecule has 1 aliphatic rings. The molecule has 2 N–H and O–H groups in total. The van der Waals surface area contributed by atoms with E-state index in [4.69, 9.17) is 0 Å². The lowest BCUT2D eigenvalue weighted by Gasteiger charge is -2.24. The average molecular weight is 226 g/mol. The smallest absolute Gasteiger partial charge is 0.220 e. The molecule has 1 saturated heterocycles. The molecule has 3 nitrogen and oxygen atoms in total. The molecule has 0 aliphatic carbocycles. The van der Waals surface area contributed by atoms with Crippen LogP contribution in [0.15, 0.2) is 0 Å². The van der Waals surface area contributed by atoms with Crippen LogP contribution < -0.4 is 10.6 Å². The molecule has 0 bridgehead atoms. The van der Waals surface area contributed by atoms with Gasteiger partial charge >= 0.3 is 0 Å². The zero-order valence-corrected chi connectivity index (χ0v) is 10.9. The number of carbonyl (C=O) groups is 1. The van der Waals surface area contributed by atoms with E-state index in [-0.39, 0.29) is 5.91 Å². The number of hydrogen-bond donors (Lipinski definition) is 2. The molecule has 16 heavy (non-hydrogen) atoms. The minimum absolute atomic E-state index is 0.224. The summed E-state index contributed by atoms with van der Waals surface area (Å²) in [5, 5.41) is 6.43. The SMILES string of the molecule is CC(C)CC(C)CC(=O)NC1CCCNC1. The molecule has 1 fully saturated rings. The van der Waals surface area contributed by atoms with Crippen LogP contribution in [0.5, 0.6) is 0 Å². The second-order valence-corrected chi connectivity index (χ2v) is 5.55. The highest BCUT2D eigenvalue weighted by Crippen LogP contribution is 2.14. The molecule has 0 aromatic rings. The Balaban J connectivity index is 2.18. The maximum atomic E-state index is 11.8. The van der Waals surface area contributed by atoms with Crippen molar-refractivity contribution in [2.24, 2.45) is 11.8 Å². The summed E-state index contributed by atoms with van der Waals surface area (Å²) < 4.78 is 0. The summed E-state index contributed by atoms with van der Waals surface area (Å²) in [5.74, 6) is 1.40. The molecular weight excluding hydrogens is 200 g/mol. The molecule has 1 rings (SSSR count). The number of nitrogens with one attached hydrogen (secondary N) is 2. The Hall–Kier alpha value is -0.570. The summed E-state index contributed by atoms with van der Waals surface area (Å²) in [4.78, 5) is 11.8. The van der Waals surface area contributed by atoms with Crippen LogP contribution in [0, 0.1) is 11.8 Å². The van der Waals surface area contributed by atoms with Crippen LogP contribution in [-0.2, 0) is 4.79 Å². The van der Waals surface area contributed by atoms with Crippen molar-refractivity contribution in [2.45, 2.75) is 52.5 Å². The lowest BCUT2D eigenvalue weighted by Crippen LogP contribution is -2.45. The summed E-state index contributed by atoms with van der Waals surface area (Å²) in [7, 11) is 0. The molecule has 94 valence electrons. The molecule has 0 saturated carbocycles. The number of hydrogen-bond acceptors (Lipinski definition) is 2. The largest absolute Gasteiger partial charge is 0.352 e. The first-order valence-electron chi connectivity index (χ1n) is 6.58. The van der Waals surface area contributed by atoms with Gasteiger partial charge < -0.3 is 10.6 Å². The molecule has 1 aliphatic heterocycles. The summed E-state index contributed by atoms with van der Waals surface area (Å²) in [5.41, 5.74) is 0. The van der Waals surface area contributed by atoms with Crippen molar-refractivity contribution in [2.75, 3.05) is 13.1 Å². The maximum absolute atomic E-state index is 11.8. The van der Waals surface area contributed by atoms with E-state index < -0.39 is 0 Å². The summed E-state index contributed by atoms with van der Waals surface area (Å²) >= 11 is 0. The van der Waals surface area contributed by atoms with Crippen LogP contribution in [0.25, 0.3) is 0 Å². The Morgan fingerprint density at radius 1 is 1.44 bits per heavy atom. The molecule has 0 radical (unpaired) electrons. The van der Waals surface area contributed by atoms with E-state index in [2.05, 4.69) is 31.4 Å². The van der Waals surface area contributed by atoms with Crippen LogP contribution in [0.2, 0.25) is 0 Å². The highest BCUT2D eigenvalue weighted by molar-refractivity contribution is 5.76. The fourth-order valence-electron chi connectivity index (χ4n) is 2.47. The molecule has 1 amide bonds. The van der Waals surface area contributed by atoms with Gasteiger partial charge in [0.15, 0.2) is 0 Å². The van der Waals surface area contributed by atoms with E-state index in [1.807, 2.05) is 0 Å². The van der Waals surface area contributed by atoms with Crippen LogP contribution in [0.3, 0.4) is 0 Å². The highest BCUT2D eigenvalue weighted by Gasteiger charge is 2.17. The van der Waals surface area contributed by atoms with Crippen LogP contribution in [-0.4, -0.2) is 25.0 Å². The zero-order chi connectivity index (χ0) is 12.0. The third-order valence-electron chi connectivity index (χ3n) is 3.07. The van der Waals surface area contributed by atoms with Crippen molar-refractivity contribution in [1.29, 1.82) is 0 Å². The van der Waals surface area contributed by atoms with E-state index in [1.165, 1.54) is 6.42 Å². The van der Waals surface area contributed by atoms with Crippen molar-refractivity contribution >= 4 is 5.91 Å². The van der Waals surface area contributed by atoms with Crippen LogP contribution >= 0.6 is 0 Å². The van der Waals surface area contributed by atoms with E-state index in [9.17, 15) is 4.79 Å². The quantitative estimate of drug-likeness (QED) is 0.752. The summed E-state index contributed by atoms with van der Waals surface area (Å²) in [6.45, 7) is 8.61. The Morgan fingerprint density at radius 2 is 2.19 bits per heavy atom. The number of piperidine rings is 1. The van der Waals surface area contributed by atoms with Gasteiger partial charge in [0.25, 0.3) is 0 Å². The Kier molecular flexibility index (Phi) is 5.81. The van der Waals surface area contributed by atoms with Gasteiger partial charge in [-0.2, -0.15) is 0 Å². The number of rotatable bonds is 5. The normalized spacial score (nSPS) is 23.1. The standard InChI is InChI=1S/C13H26N2O/c1-10(2)7-11(3)8-13(16)15-12-5-4-6-14-9-12/h10-12,14H,4-9H2,1-3H3,(H,15,16). The molecule has 0 spiro atoms. The third-order valence-corrected chi connectivity index (χ3v) is 3.07. The third kappa shape index (κ3) is 5.50. The summed E-state index contributed by atoms with van der Waals surface area (Å²) in [6.07, 6.45) is 4.11. The molecule has 2 atom stereocenters. The Labute approximate surface area is 99.4 Å². The van der Waals surface area contributed by atoms with Gasteiger partial charge in [-0.15, -0.1) is 0 Å². The number of carbonyl (C=O) groups excluding carboxylic acids is 1. The van der Waals surface area contributed by atoms with Crippen molar-refractivity contribution < 1.29 is 4.79 Å². The van der Waals surface area contributed by atoms with Crippen LogP contribution in [0.1, 0.15) is 46.5 Å². The predicted octanol–water partition coefficient (Wildman–Crippen LogP) is 1.93. The number of amides is 1. The average Bonchev–Trinajstić information content (AvgIpc) is 2.17. The van der Waals surface area contributed by atoms with Gasteiger partial charge in [-0.3, -0.25) is 4.79 Å². The van der Waals surface area contributed by atoms with E-state index >= 15 is 0 Å². The first kappa shape index (κ1) is 13.5. The van der Waals surface area contributed by atoms with Gasteiger partial charge in [0.1, 0.15) is 0 Å². The predicted molar refractivity (Wildman–Crippen MR) is 67.3 cm³/mol. The van der Waals surface area contributed by atoms with E-state index in [0.29, 0.717) is 24.3 Å². The van der Waals surface area contributed by atoms with Gasteiger partial charge in [-0.05, 0) is 37.6 Å². The van der Waals surface area contributed by atoms with Gasteiger partial charge in [0.2, 0.25) is 5.91 Å². The van der Waals surface area contributed by atoms with Crippen molar-refractivity contribution in [3.8, 4) is 0 Å². The van der Waals surface area contributed by atoms with Crippen molar-refractivity contribution in [1.82, 2.24) is 10.6 Å². The lowest BCUT2D eigenvalue weighted by molar-refractivity contribution is -0.122. The second-order valence-electron chi connectivity index (χ2n) is 5.55. The zero-order valence-electron chi connectivity index (χ0n) is 10.9. The monoisotopic (exact) mass is 226 g/mol. The lowest BCUT2D eigenvalue weighted by atomic mass is 9.95. The summed E-state index contributed by atoms with van der Waals surface area (Å²) in [6, 6.07) is 0.354. The van der Waals surface area contributed by atoms with Gasteiger partial charge in [-0.1, -0.05) is 20.8 Å². The molecule has 0 aromatic heterocycles. The molecular formula is C13H26N2O. The minimum Gasteiger partial charge on any atom is -0.352 e. The van der Waals surface area contributed by atoms with E-state index in [0.717, 1.165) is 25.9 Å². The van der Waals surface area contributed by atoms with Crippen LogP contribution in [0.4, 0.5) is 0 Å². The van der Waals surface area contributed by atoms with Crippen molar-refractivity contribution in [3.63, 3.8) is 0 Å². The minimum atomic E-state index is 0.224. The van der Waals surface area contributed by atoms with Gasteiger partial charge in [0.05, 0.1) is 0 Å². The molecule has 0 aromatic carbocycles. The van der Waals surface area contributed by atoms with Gasteiger partial charge in [-0.25, -0.2) is 0 Å². The van der Waals surface area contributed by atoms with E-state index in [1.54, 1.807) is 0 Å². The Bertz CT molecular complexity index is 210. The second kappa shape index (κ2) is 6.89. The molecule has 1 heterocycles. The fourth-order valence-corrected chi connectivity index (χ4v) is 2.47. The topological polar surface area (TPSA) is 41.1 Å². The maximum Gasteiger partial charge on any atom is 0.220 e. The highest BCUT2D eigenvalue weighted by atomic mass is 16.1.